The van der Waals surface area contributed by atoms with Crippen LogP contribution in [0, 0.1) is 0 Å². The van der Waals surface area contributed by atoms with Gasteiger partial charge >= 0.3 is 0 Å². The molecule has 6 heteroatoms. The summed E-state index contributed by atoms with van der Waals surface area (Å²) in [6.45, 7) is 2.08. The highest BCUT2D eigenvalue weighted by molar-refractivity contribution is 7.16. The molecule has 1 N–H and O–H groups in total. The van der Waals surface area contributed by atoms with Gasteiger partial charge in [0.2, 0.25) is 0 Å². The lowest BCUT2D eigenvalue weighted by Crippen LogP contribution is -2.14. The zero-order chi connectivity index (χ0) is 18.5. The molecular formula is C20H20N2O3S. The molecule has 1 aromatic heterocycles. The second-order valence-corrected chi connectivity index (χ2v) is 6.59. The lowest BCUT2D eigenvalue weighted by Gasteiger charge is -2.11. The van der Waals surface area contributed by atoms with E-state index in [0.717, 1.165) is 22.6 Å². The molecule has 26 heavy (non-hydrogen) atoms. The molecule has 0 saturated heterocycles. The Labute approximate surface area is 156 Å². The van der Waals surface area contributed by atoms with Crippen molar-refractivity contribution in [2.75, 3.05) is 19.5 Å². The molecule has 3 rings (SSSR count). The molecule has 5 nitrogen and oxygen atoms in total. The molecule has 3 aromatic rings. The van der Waals surface area contributed by atoms with Gasteiger partial charge in [-0.3, -0.25) is 10.1 Å². The summed E-state index contributed by atoms with van der Waals surface area (Å²) in [7, 11) is 3.05. The van der Waals surface area contributed by atoms with E-state index in [4.69, 9.17) is 9.47 Å². The zero-order valence-electron chi connectivity index (χ0n) is 14.9. The Morgan fingerprint density at radius 2 is 1.69 bits per heavy atom. The van der Waals surface area contributed by atoms with Gasteiger partial charge in [0.1, 0.15) is 17.1 Å². The lowest BCUT2D eigenvalue weighted by atomic mass is 10.1. The first-order valence-corrected chi connectivity index (χ1v) is 9.07. The number of anilines is 1. The number of carbonyl (C=O) groups excluding carboxylic acids is 1. The van der Waals surface area contributed by atoms with Crippen molar-refractivity contribution >= 4 is 22.4 Å². The van der Waals surface area contributed by atoms with Crippen molar-refractivity contribution in [3.05, 3.63) is 59.0 Å². The summed E-state index contributed by atoms with van der Waals surface area (Å²) in [6, 6.07) is 15.2. The van der Waals surface area contributed by atoms with E-state index in [-0.39, 0.29) is 5.91 Å². The van der Waals surface area contributed by atoms with Gasteiger partial charge in [0.25, 0.3) is 5.91 Å². The van der Waals surface area contributed by atoms with Gasteiger partial charge in [0.05, 0.1) is 19.9 Å². The molecule has 1 amide bonds. The van der Waals surface area contributed by atoms with Crippen LogP contribution < -0.4 is 14.8 Å². The molecule has 0 fully saturated rings. The third-order valence-electron chi connectivity index (χ3n) is 3.94. The summed E-state index contributed by atoms with van der Waals surface area (Å²) >= 11 is 1.48. The van der Waals surface area contributed by atoms with E-state index in [1.165, 1.54) is 25.6 Å². The maximum atomic E-state index is 12.8. The molecule has 0 unspecified atom stereocenters. The maximum absolute atomic E-state index is 12.8. The van der Waals surface area contributed by atoms with E-state index in [2.05, 4.69) is 17.2 Å². The Hall–Kier alpha value is -2.86. The van der Waals surface area contributed by atoms with Crippen LogP contribution in [0.3, 0.4) is 0 Å². The number of benzene rings is 2. The molecule has 0 saturated carbocycles. The SMILES string of the molecule is CCc1sc(NC(=O)c2c(OC)cccc2OC)nc1-c1ccccc1. The Morgan fingerprint density at radius 3 is 2.27 bits per heavy atom. The Morgan fingerprint density at radius 1 is 1.04 bits per heavy atom. The number of ether oxygens (including phenoxy) is 2. The van der Waals surface area contributed by atoms with Crippen LogP contribution in [-0.2, 0) is 6.42 Å². The molecule has 1 heterocycles. The van der Waals surface area contributed by atoms with E-state index < -0.39 is 0 Å². The van der Waals surface area contributed by atoms with Gasteiger partial charge in [-0.2, -0.15) is 0 Å². The highest BCUT2D eigenvalue weighted by Gasteiger charge is 2.20. The van der Waals surface area contributed by atoms with E-state index >= 15 is 0 Å². The zero-order valence-corrected chi connectivity index (χ0v) is 15.7. The van der Waals surface area contributed by atoms with E-state index in [9.17, 15) is 4.79 Å². The molecular weight excluding hydrogens is 348 g/mol. The molecule has 0 aliphatic carbocycles. The van der Waals surface area contributed by atoms with E-state index in [1.54, 1.807) is 18.2 Å². The largest absolute Gasteiger partial charge is 0.496 e. The second kappa shape index (κ2) is 8.01. The number of methoxy groups -OCH3 is 2. The van der Waals surface area contributed by atoms with Crippen LogP contribution in [0.25, 0.3) is 11.3 Å². The van der Waals surface area contributed by atoms with Crippen molar-refractivity contribution in [3.8, 4) is 22.8 Å². The predicted octanol–water partition coefficient (Wildman–Crippen LogP) is 4.64. The fraction of sp³-hybridized carbons (Fsp3) is 0.200. The molecule has 134 valence electrons. The Kier molecular flexibility index (Phi) is 5.53. The number of nitrogens with zero attached hydrogens (tertiary/aromatic N) is 1. The molecule has 0 aliphatic heterocycles. The first kappa shape index (κ1) is 17.9. The van der Waals surface area contributed by atoms with Gasteiger partial charge in [-0.15, -0.1) is 11.3 Å². The molecule has 0 aliphatic rings. The molecule has 0 atom stereocenters. The van der Waals surface area contributed by atoms with Gasteiger partial charge in [-0.05, 0) is 18.6 Å². The summed E-state index contributed by atoms with van der Waals surface area (Å²) in [5, 5.41) is 3.44. The smallest absolute Gasteiger partial charge is 0.265 e. The van der Waals surface area contributed by atoms with Crippen LogP contribution in [0.15, 0.2) is 48.5 Å². The Bertz CT molecular complexity index is 884. The predicted molar refractivity (Wildman–Crippen MR) is 104 cm³/mol. The minimum atomic E-state index is -0.310. The molecule has 0 bridgehead atoms. The molecule has 0 spiro atoms. The van der Waals surface area contributed by atoms with Crippen LogP contribution in [0.1, 0.15) is 22.2 Å². The highest BCUT2D eigenvalue weighted by atomic mass is 32.1. The average molecular weight is 368 g/mol. The van der Waals surface area contributed by atoms with Crippen molar-refractivity contribution in [2.45, 2.75) is 13.3 Å². The highest BCUT2D eigenvalue weighted by Crippen LogP contribution is 2.33. The summed E-state index contributed by atoms with van der Waals surface area (Å²) in [6.07, 6.45) is 0.843. The van der Waals surface area contributed by atoms with Gasteiger partial charge in [0.15, 0.2) is 5.13 Å². The van der Waals surface area contributed by atoms with Crippen LogP contribution >= 0.6 is 11.3 Å². The quantitative estimate of drug-likeness (QED) is 0.688. The van der Waals surface area contributed by atoms with Crippen molar-refractivity contribution in [1.82, 2.24) is 4.98 Å². The number of nitrogens with one attached hydrogen (secondary N) is 1. The number of hydrogen-bond donors (Lipinski definition) is 1. The summed E-state index contributed by atoms with van der Waals surface area (Å²) in [4.78, 5) is 18.6. The van der Waals surface area contributed by atoms with Gasteiger partial charge < -0.3 is 9.47 Å². The standard InChI is InChI=1S/C20H20N2O3S/c1-4-16-18(13-9-6-5-7-10-13)21-20(26-16)22-19(23)17-14(24-2)11-8-12-15(17)25-3/h5-12H,4H2,1-3H3,(H,21,22,23). The maximum Gasteiger partial charge on any atom is 0.265 e. The number of aryl methyl sites for hydroxylation is 1. The lowest BCUT2D eigenvalue weighted by molar-refractivity contribution is 0.102. The van der Waals surface area contributed by atoms with Gasteiger partial charge in [-0.25, -0.2) is 4.98 Å². The first-order valence-electron chi connectivity index (χ1n) is 8.25. The number of thiazole rings is 1. The number of carbonyl (C=O) groups is 1. The summed E-state index contributed by atoms with van der Waals surface area (Å²) < 4.78 is 10.6. The number of hydrogen-bond acceptors (Lipinski definition) is 5. The van der Waals surface area contributed by atoms with Crippen LogP contribution in [0.4, 0.5) is 5.13 Å². The third-order valence-corrected chi connectivity index (χ3v) is 5.06. The van der Waals surface area contributed by atoms with Gasteiger partial charge in [-0.1, -0.05) is 43.3 Å². The number of rotatable bonds is 6. The minimum Gasteiger partial charge on any atom is -0.496 e. The van der Waals surface area contributed by atoms with E-state index in [0.29, 0.717) is 22.2 Å². The van der Waals surface area contributed by atoms with Gasteiger partial charge in [0, 0.05) is 10.4 Å². The monoisotopic (exact) mass is 368 g/mol. The molecule has 2 aromatic carbocycles. The normalized spacial score (nSPS) is 10.4. The van der Waals surface area contributed by atoms with Crippen LogP contribution in [0.5, 0.6) is 11.5 Å². The topological polar surface area (TPSA) is 60.5 Å². The van der Waals surface area contributed by atoms with Crippen molar-refractivity contribution in [2.24, 2.45) is 0 Å². The third kappa shape index (κ3) is 3.55. The molecule has 0 radical (unpaired) electrons. The number of aromatic nitrogens is 1. The van der Waals surface area contributed by atoms with Crippen molar-refractivity contribution in [3.63, 3.8) is 0 Å². The summed E-state index contributed by atoms with van der Waals surface area (Å²) in [5.41, 5.74) is 2.29. The fourth-order valence-electron chi connectivity index (χ4n) is 2.70. The second-order valence-electron chi connectivity index (χ2n) is 5.50. The number of amides is 1. The van der Waals surface area contributed by atoms with Crippen molar-refractivity contribution < 1.29 is 14.3 Å². The fourth-order valence-corrected chi connectivity index (χ4v) is 3.62. The summed E-state index contributed by atoms with van der Waals surface area (Å²) in [5.74, 6) is 0.602. The van der Waals surface area contributed by atoms with Crippen LogP contribution in [0.2, 0.25) is 0 Å². The van der Waals surface area contributed by atoms with Crippen LogP contribution in [-0.4, -0.2) is 25.1 Å². The minimum absolute atomic E-state index is 0.310. The van der Waals surface area contributed by atoms with Crippen molar-refractivity contribution in [1.29, 1.82) is 0 Å². The Balaban J connectivity index is 1.93. The average Bonchev–Trinajstić information content (AvgIpc) is 3.10. The first-order chi connectivity index (χ1) is 12.7. The van der Waals surface area contributed by atoms with E-state index in [1.807, 2.05) is 30.3 Å².